The van der Waals surface area contributed by atoms with Crippen LogP contribution in [0.5, 0.6) is 0 Å². The third-order valence-electron chi connectivity index (χ3n) is 6.91. The lowest BCUT2D eigenvalue weighted by Gasteiger charge is -2.42. The number of halogens is 3. The van der Waals surface area contributed by atoms with Crippen molar-refractivity contribution >= 4 is 11.6 Å². The predicted octanol–water partition coefficient (Wildman–Crippen LogP) is 6.06. The fourth-order valence-electron chi connectivity index (χ4n) is 5.01. The zero-order valence-electron chi connectivity index (χ0n) is 21.5. The Labute approximate surface area is 221 Å². The van der Waals surface area contributed by atoms with E-state index in [9.17, 15) is 18.0 Å². The summed E-state index contributed by atoms with van der Waals surface area (Å²) in [6, 6.07) is 23.1. The lowest BCUT2D eigenvalue weighted by Crippen LogP contribution is -2.45. The number of hydrogen-bond donors (Lipinski definition) is 2. The van der Waals surface area contributed by atoms with Crippen molar-refractivity contribution < 1.29 is 22.7 Å². The summed E-state index contributed by atoms with van der Waals surface area (Å²) in [5.74, 6) is -0.0207. The third-order valence-corrected chi connectivity index (χ3v) is 6.91. The number of nitrogens with two attached hydrogens (primary N) is 1. The number of benzene rings is 3. The number of ether oxygens (including phenoxy) is 1. The van der Waals surface area contributed by atoms with Crippen LogP contribution in [0.15, 0.2) is 78.9 Å². The number of anilines is 1. The average molecular weight is 526 g/mol. The van der Waals surface area contributed by atoms with Crippen LogP contribution in [0, 0.1) is 12.8 Å². The van der Waals surface area contributed by atoms with Gasteiger partial charge >= 0.3 is 6.18 Å². The molecule has 3 atom stereocenters. The normalized spacial score (nSPS) is 20.2. The van der Waals surface area contributed by atoms with Crippen molar-refractivity contribution in [1.29, 1.82) is 0 Å². The van der Waals surface area contributed by atoms with E-state index in [0.717, 1.165) is 24.5 Å². The van der Waals surface area contributed by atoms with Gasteiger partial charge in [-0.3, -0.25) is 4.79 Å². The Kier molecular flexibility index (Phi) is 9.07. The first-order valence-corrected chi connectivity index (χ1v) is 12.9. The number of carbonyl (C=O) groups excluding carboxylic acids is 1. The maximum atomic E-state index is 13.3. The zero-order chi connectivity index (χ0) is 27.1. The summed E-state index contributed by atoms with van der Waals surface area (Å²) in [5, 5.41) is 3.23. The standard InChI is InChI=1S/C24H28F3N3O2.C6H6/c1-15-3-2-4-16(11-15)23(31)30(10-9-28)14-19-7-5-17-13-29-21-8-6-18(24(25,26)27)12-20(21)22(17)32-19;1-2-4-6-5-3-1/h2-4,6,8,11-12,17,19,22,29H,5,7,9-10,13-14,28H2,1H3;1-6H. The van der Waals surface area contributed by atoms with Gasteiger partial charge in [-0.2, -0.15) is 13.2 Å². The van der Waals surface area contributed by atoms with Crippen molar-refractivity contribution in [2.45, 2.75) is 38.1 Å². The maximum Gasteiger partial charge on any atom is 0.416 e. The summed E-state index contributed by atoms with van der Waals surface area (Å²) in [6.45, 7) is 3.65. The summed E-state index contributed by atoms with van der Waals surface area (Å²) >= 11 is 0. The van der Waals surface area contributed by atoms with Gasteiger partial charge in [0, 0.05) is 48.9 Å². The molecule has 0 bridgehead atoms. The summed E-state index contributed by atoms with van der Waals surface area (Å²) in [4.78, 5) is 14.8. The molecule has 1 amide bonds. The third kappa shape index (κ3) is 6.94. The summed E-state index contributed by atoms with van der Waals surface area (Å²) in [7, 11) is 0. The van der Waals surface area contributed by atoms with Crippen LogP contribution in [-0.4, -0.2) is 43.1 Å². The fraction of sp³-hybridized carbons (Fsp3) is 0.367. The van der Waals surface area contributed by atoms with Crippen LogP contribution >= 0.6 is 0 Å². The Bertz CT molecular complexity index is 1180. The van der Waals surface area contributed by atoms with Crippen molar-refractivity contribution in [3.8, 4) is 0 Å². The molecule has 0 aliphatic carbocycles. The second-order valence-corrected chi connectivity index (χ2v) is 9.76. The molecule has 1 saturated heterocycles. The van der Waals surface area contributed by atoms with Crippen LogP contribution in [0.1, 0.15) is 46.0 Å². The molecule has 0 aromatic heterocycles. The predicted molar refractivity (Wildman–Crippen MR) is 143 cm³/mol. The van der Waals surface area contributed by atoms with Gasteiger partial charge in [-0.1, -0.05) is 54.1 Å². The Morgan fingerprint density at radius 3 is 2.37 bits per heavy atom. The number of aryl methyl sites for hydroxylation is 1. The average Bonchev–Trinajstić information content (AvgIpc) is 2.93. The second-order valence-electron chi connectivity index (χ2n) is 9.76. The highest BCUT2D eigenvalue weighted by Gasteiger charge is 2.39. The Hall–Kier alpha value is -3.36. The summed E-state index contributed by atoms with van der Waals surface area (Å²) in [5.41, 5.74) is 7.88. The van der Waals surface area contributed by atoms with E-state index in [1.165, 1.54) is 12.1 Å². The molecule has 0 spiro atoms. The monoisotopic (exact) mass is 525 g/mol. The Morgan fingerprint density at radius 2 is 1.74 bits per heavy atom. The molecular weight excluding hydrogens is 491 g/mol. The largest absolute Gasteiger partial charge is 0.416 e. The molecule has 3 aromatic rings. The van der Waals surface area contributed by atoms with E-state index in [-0.39, 0.29) is 17.9 Å². The molecule has 0 radical (unpaired) electrons. The van der Waals surface area contributed by atoms with E-state index >= 15 is 0 Å². The number of carbonyl (C=O) groups is 1. The molecular formula is C30H34F3N3O2. The van der Waals surface area contributed by atoms with Gasteiger partial charge in [-0.05, 0) is 50.1 Å². The highest BCUT2D eigenvalue weighted by Crippen LogP contribution is 2.44. The highest BCUT2D eigenvalue weighted by molar-refractivity contribution is 5.94. The molecule has 5 nitrogen and oxygen atoms in total. The molecule has 3 N–H and O–H groups in total. The molecule has 2 heterocycles. The quantitative estimate of drug-likeness (QED) is 0.425. The first kappa shape index (κ1) is 27.7. The molecule has 0 saturated carbocycles. The van der Waals surface area contributed by atoms with Gasteiger partial charge in [0.15, 0.2) is 0 Å². The van der Waals surface area contributed by atoms with E-state index in [2.05, 4.69) is 5.32 Å². The topological polar surface area (TPSA) is 67.6 Å². The maximum absolute atomic E-state index is 13.3. The number of rotatable bonds is 5. The van der Waals surface area contributed by atoms with Gasteiger partial charge in [0.2, 0.25) is 0 Å². The number of hydrogen-bond acceptors (Lipinski definition) is 4. The van der Waals surface area contributed by atoms with Crippen LogP contribution in [0.4, 0.5) is 18.9 Å². The molecule has 3 unspecified atom stereocenters. The van der Waals surface area contributed by atoms with Gasteiger partial charge in [-0.25, -0.2) is 0 Å². The number of amides is 1. The van der Waals surface area contributed by atoms with Crippen molar-refractivity contribution in [3.05, 3.63) is 101 Å². The number of fused-ring (bicyclic) bond motifs is 3. The van der Waals surface area contributed by atoms with E-state index in [0.29, 0.717) is 43.0 Å². The second kappa shape index (κ2) is 12.5. The van der Waals surface area contributed by atoms with Crippen LogP contribution in [0.2, 0.25) is 0 Å². The van der Waals surface area contributed by atoms with Crippen LogP contribution in [-0.2, 0) is 10.9 Å². The van der Waals surface area contributed by atoms with Gasteiger partial charge in [0.25, 0.3) is 5.91 Å². The molecule has 5 rings (SSSR count). The van der Waals surface area contributed by atoms with Crippen molar-refractivity contribution in [2.24, 2.45) is 11.7 Å². The smallest absolute Gasteiger partial charge is 0.384 e. The number of nitrogens with one attached hydrogen (secondary N) is 1. The molecule has 2 aliphatic rings. The summed E-state index contributed by atoms with van der Waals surface area (Å²) in [6.07, 6.45) is -3.56. The molecule has 202 valence electrons. The Morgan fingerprint density at radius 1 is 1.03 bits per heavy atom. The molecule has 8 heteroatoms. The van der Waals surface area contributed by atoms with E-state index in [1.807, 2.05) is 61.5 Å². The fourth-order valence-corrected chi connectivity index (χ4v) is 5.01. The van der Waals surface area contributed by atoms with Gasteiger partial charge < -0.3 is 20.7 Å². The van der Waals surface area contributed by atoms with E-state index in [4.69, 9.17) is 10.5 Å². The van der Waals surface area contributed by atoms with Crippen LogP contribution in [0.3, 0.4) is 0 Å². The summed E-state index contributed by atoms with van der Waals surface area (Å²) < 4.78 is 46.2. The minimum atomic E-state index is -4.41. The van der Waals surface area contributed by atoms with Crippen LogP contribution in [0.25, 0.3) is 0 Å². The zero-order valence-corrected chi connectivity index (χ0v) is 21.5. The van der Waals surface area contributed by atoms with Gasteiger partial charge in [-0.15, -0.1) is 0 Å². The van der Waals surface area contributed by atoms with E-state index in [1.54, 1.807) is 11.0 Å². The van der Waals surface area contributed by atoms with Gasteiger partial charge in [0.1, 0.15) is 0 Å². The molecule has 3 aromatic carbocycles. The molecule has 2 aliphatic heterocycles. The van der Waals surface area contributed by atoms with Crippen molar-refractivity contribution in [1.82, 2.24) is 4.90 Å². The molecule has 38 heavy (non-hydrogen) atoms. The van der Waals surface area contributed by atoms with Crippen molar-refractivity contribution in [3.63, 3.8) is 0 Å². The lowest BCUT2D eigenvalue weighted by atomic mass is 9.83. The number of nitrogens with zero attached hydrogens (tertiary/aromatic N) is 1. The lowest BCUT2D eigenvalue weighted by molar-refractivity contribution is -0.138. The minimum absolute atomic E-state index is 0.0951. The van der Waals surface area contributed by atoms with Crippen molar-refractivity contribution in [2.75, 3.05) is 31.5 Å². The SMILES string of the molecule is Cc1cccc(C(=O)N(CCN)CC2CCC3CNc4ccc(C(F)(F)F)cc4C3O2)c1.c1ccccc1. The first-order valence-electron chi connectivity index (χ1n) is 12.9. The first-order chi connectivity index (χ1) is 18.3. The highest BCUT2D eigenvalue weighted by atomic mass is 19.4. The Balaban J connectivity index is 0.000000494. The molecule has 1 fully saturated rings. The van der Waals surface area contributed by atoms with Crippen LogP contribution < -0.4 is 11.1 Å². The minimum Gasteiger partial charge on any atom is -0.384 e. The van der Waals surface area contributed by atoms with Gasteiger partial charge in [0.05, 0.1) is 17.8 Å². The number of alkyl halides is 3. The van der Waals surface area contributed by atoms with E-state index < -0.39 is 17.8 Å².